The number of halogens is 1. The van der Waals surface area contributed by atoms with Crippen molar-refractivity contribution < 1.29 is 4.74 Å². The molecule has 2 rings (SSSR count). The molecule has 0 spiro atoms. The lowest BCUT2D eigenvalue weighted by atomic mass is 10.2. The lowest BCUT2D eigenvalue weighted by molar-refractivity contribution is 0.472. The predicted molar refractivity (Wildman–Crippen MR) is 76.0 cm³/mol. The summed E-state index contributed by atoms with van der Waals surface area (Å²) in [6.07, 6.45) is 1.85. The van der Waals surface area contributed by atoms with Gasteiger partial charge >= 0.3 is 0 Å². The second-order valence-electron chi connectivity index (χ2n) is 4.02. The minimum absolute atomic E-state index is 0.735. The Morgan fingerprint density at radius 2 is 2.00 bits per heavy atom. The highest BCUT2D eigenvalue weighted by Crippen LogP contribution is 2.26. The van der Waals surface area contributed by atoms with Crippen LogP contribution in [0.5, 0.6) is 11.5 Å². The molecule has 1 heterocycles. The molecule has 1 aromatic heterocycles. The lowest BCUT2D eigenvalue weighted by Crippen LogP contribution is -2.07. The Bertz CT molecular complexity index is 526. The summed E-state index contributed by atoms with van der Waals surface area (Å²) in [7, 11) is 1.91. The first-order valence-corrected chi connectivity index (χ1v) is 6.52. The van der Waals surface area contributed by atoms with Crippen molar-refractivity contribution in [2.75, 3.05) is 7.05 Å². The molecule has 0 amide bonds. The van der Waals surface area contributed by atoms with Crippen LogP contribution < -0.4 is 10.1 Å². The highest BCUT2D eigenvalue weighted by molar-refractivity contribution is 9.10. The molecule has 0 aliphatic carbocycles. The molecule has 0 fully saturated rings. The summed E-state index contributed by atoms with van der Waals surface area (Å²) >= 11 is 3.41. The van der Waals surface area contributed by atoms with Crippen LogP contribution in [0.25, 0.3) is 0 Å². The first kappa shape index (κ1) is 13.1. The summed E-state index contributed by atoms with van der Waals surface area (Å²) in [6.45, 7) is 2.69. The molecule has 0 aliphatic rings. The Kier molecular flexibility index (Phi) is 4.33. The smallest absolute Gasteiger partial charge is 0.135 e. The van der Waals surface area contributed by atoms with E-state index in [2.05, 4.69) is 26.2 Å². The molecule has 0 radical (unpaired) electrons. The van der Waals surface area contributed by atoms with Crippen molar-refractivity contribution in [1.82, 2.24) is 10.3 Å². The van der Waals surface area contributed by atoms with Crippen LogP contribution in [-0.2, 0) is 6.54 Å². The molecule has 1 N–H and O–H groups in total. The molecule has 1 aromatic carbocycles. The van der Waals surface area contributed by atoms with E-state index in [1.807, 2.05) is 50.5 Å². The number of ether oxygens (including phenoxy) is 1. The summed E-state index contributed by atoms with van der Waals surface area (Å²) in [6, 6.07) is 9.74. The summed E-state index contributed by atoms with van der Waals surface area (Å²) in [4.78, 5) is 4.29. The number of rotatable bonds is 4. The molecule has 0 saturated carbocycles. The van der Waals surface area contributed by atoms with Crippen LogP contribution in [0.15, 0.2) is 41.0 Å². The van der Waals surface area contributed by atoms with E-state index >= 15 is 0 Å². The number of aromatic nitrogens is 1. The number of aryl methyl sites for hydroxylation is 1. The van der Waals surface area contributed by atoms with E-state index in [4.69, 9.17) is 4.74 Å². The third kappa shape index (κ3) is 3.31. The van der Waals surface area contributed by atoms with Gasteiger partial charge in [0, 0.05) is 34.5 Å². The van der Waals surface area contributed by atoms with Gasteiger partial charge in [-0.1, -0.05) is 15.9 Å². The normalized spacial score (nSPS) is 10.4. The molecular formula is C14H15BrN2O. The van der Waals surface area contributed by atoms with Crippen LogP contribution in [0.3, 0.4) is 0 Å². The third-order valence-electron chi connectivity index (χ3n) is 2.49. The van der Waals surface area contributed by atoms with Crippen LogP contribution in [0, 0.1) is 6.92 Å². The van der Waals surface area contributed by atoms with Crippen molar-refractivity contribution >= 4 is 15.9 Å². The van der Waals surface area contributed by atoms with Crippen LogP contribution in [-0.4, -0.2) is 12.0 Å². The summed E-state index contributed by atoms with van der Waals surface area (Å²) in [5, 5.41) is 3.11. The van der Waals surface area contributed by atoms with E-state index in [0.29, 0.717) is 0 Å². The van der Waals surface area contributed by atoms with Crippen molar-refractivity contribution in [3.05, 3.63) is 52.3 Å². The molecule has 0 aliphatic heterocycles. The Morgan fingerprint density at radius 3 is 2.67 bits per heavy atom. The molecule has 94 valence electrons. The zero-order valence-electron chi connectivity index (χ0n) is 10.4. The van der Waals surface area contributed by atoms with Gasteiger partial charge in [0.05, 0.1) is 0 Å². The van der Waals surface area contributed by atoms with E-state index in [-0.39, 0.29) is 0 Å². The second kappa shape index (κ2) is 5.98. The summed E-state index contributed by atoms with van der Waals surface area (Å²) in [5.74, 6) is 1.67. The molecule has 4 heteroatoms. The SMILES string of the molecule is CNCc1cnc(C)cc1Oc1ccc(Br)cc1. The maximum atomic E-state index is 5.90. The number of nitrogens with one attached hydrogen (secondary N) is 1. The van der Waals surface area contributed by atoms with Crippen molar-refractivity contribution in [3.8, 4) is 11.5 Å². The second-order valence-corrected chi connectivity index (χ2v) is 4.94. The molecule has 18 heavy (non-hydrogen) atoms. The quantitative estimate of drug-likeness (QED) is 0.936. The van der Waals surface area contributed by atoms with Gasteiger partial charge in [0.15, 0.2) is 0 Å². The monoisotopic (exact) mass is 306 g/mol. The highest BCUT2D eigenvalue weighted by atomic mass is 79.9. The zero-order chi connectivity index (χ0) is 13.0. The van der Waals surface area contributed by atoms with Gasteiger partial charge in [0.2, 0.25) is 0 Å². The van der Waals surface area contributed by atoms with Crippen molar-refractivity contribution in [1.29, 1.82) is 0 Å². The fourth-order valence-corrected chi connectivity index (χ4v) is 1.88. The maximum absolute atomic E-state index is 5.90. The average molecular weight is 307 g/mol. The van der Waals surface area contributed by atoms with Gasteiger partial charge in [0.1, 0.15) is 11.5 Å². The van der Waals surface area contributed by atoms with Gasteiger partial charge in [-0.25, -0.2) is 0 Å². The first-order valence-electron chi connectivity index (χ1n) is 5.72. The third-order valence-corrected chi connectivity index (χ3v) is 3.02. The van der Waals surface area contributed by atoms with Crippen LogP contribution in [0.2, 0.25) is 0 Å². The Hall–Kier alpha value is -1.39. The Balaban J connectivity index is 2.26. The van der Waals surface area contributed by atoms with Gasteiger partial charge in [-0.2, -0.15) is 0 Å². The minimum Gasteiger partial charge on any atom is -0.457 e. The topological polar surface area (TPSA) is 34.2 Å². The molecule has 0 bridgehead atoms. The van der Waals surface area contributed by atoms with Crippen LogP contribution in [0.4, 0.5) is 0 Å². The average Bonchev–Trinajstić information content (AvgIpc) is 2.36. The van der Waals surface area contributed by atoms with Crippen LogP contribution in [0.1, 0.15) is 11.3 Å². The minimum atomic E-state index is 0.735. The fourth-order valence-electron chi connectivity index (χ4n) is 1.61. The zero-order valence-corrected chi connectivity index (χ0v) is 12.0. The maximum Gasteiger partial charge on any atom is 0.135 e. The van der Waals surface area contributed by atoms with Gasteiger partial charge in [0.25, 0.3) is 0 Å². The van der Waals surface area contributed by atoms with Crippen LogP contribution >= 0.6 is 15.9 Å². The lowest BCUT2D eigenvalue weighted by Gasteiger charge is -2.11. The van der Waals surface area contributed by atoms with E-state index in [0.717, 1.165) is 33.8 Å². The van der Waals surface area contributed by atoms with Gasteiger partial charge in [-0.05, 0) is 38.2 Å². The fraction of sp³-hybridized carbons (Fsp3) is 0.214. The largest absolute Gasteiger partial charge is 0.457 e. The van der Waals surface area contributed by atoms with Gasteiger partial charge < -0.3 is 10.1 Å². The molecule has 0 atom stereocenters. The molecule has 0 saturated heterocycles. The van der Waals surface area contributed by atoms with Crippen molar-refractivity contribution in [3.63, 3.8) is 0 Å². The van der Waals surface area contributed by atoms with Gasteiger partial charge in [-0.3, -0.25) is 4.98 Å². The van der Waals surface area contributed by atoms with E-state index < -0.39 is 0 Å². The Labute approximate surface area is 115 Å². The molecular weight excluding hydrogens is 292 g/mol. The van der Waals surface area contributed by atoms with Crippen molar-refractivity contribution in [2.45, 2.75) is 13.5 Å². The number of hydrogen-bond donors (Lipinski definition) is 1. The number of benzene rings is 1. The molecule has 3 nitrogen and oxygen atoms in total. The summed E-state index contributed by atoms with van der Waals surface area (Å²) < 4.78 is 6.94. The van der Waals surface area contributed by atoms with E-state index in [1.54, 1.807) is 0 Å². The first-order chi connectivity index (χ1) is 8.69. The van der Waals surface area contributed by atoms with Crippen molar-refractivity contribution in [2.24, 2.45) is 0 Å². The number of pyridine rings is 1. The standard InChI is InChI=1S/C14H15BrN2O/c1-10-7-14(11(8-16-2)9-17-10)18-13-5-3-12(15)4-6-13/h3-7,9,16H,8H2,1-2H3. The van der Waals surface area contributed by atoms with E-state index in [1.165, 1.54) is 0 Å². The highest BCUT2D eigenvalue weighted by Gasteiger charge is 2.05. The molecule has 0 unspecified atom stereocenters. The molecule has 2 aromatic rings. The number of hydrogen-bond acceptors (Lipinski definition) is 3. The number of nitrogens with zero attached hydrogens (tertiary/aromatic N) is 1. The van der Waals surface area contributed by atoms with Gasteiger partial charge in [-0.15, -0.1) is 0 Å². The summed E-state index contributed by atoms with van der Waals surface area (Å²) in [5.41, 5.74) is 1.99. The van der Waals surface area contributed by atoms with E-state index in [9.17, 15) is 0 Å². The predicted octanol–water partition coefficient (Wildman–Crippen LogP) is 3.66. The Morgan fingerprint density at radius 1 is 1.28 bits per heavy atom.